The number of aromatic nitrogens is 2. The van der Waals surface area contributed by atoms with E-state index in [9.17, 15) is 4.79 Å². The van der Waals surface area contributed by atoms with Gasteiger partial charge < -0.3 is 5.11 Å². The molecule has 1 unspecified atom stereocenters. The van der Waals surface area contributed by atoms with Crippen LogP contribution in [0.5, 0.6) is 0 Å². The Morgan fingerprint density at radius 3 is 2.80 bits per heavy atom. The minimum Gasteiger partial charge on any atom is -0.481 e. The highest BCUT2D eigenvalue weighted by Crippen LogP contribution is 2.46. The smallest absolute Gasteiger partial charge is 0.311 e. The minimum atomic E-state index is -0.691. The summed E-state index contributed by atoms with van der Waals surface area (Å²) in [7, 11) is 1.93. The lowest BCUT2D eigenvalue weighted by molar-refractivity contribution is -0.138. The Labute approximate surface area is 87.9 Å². The van der Waals surface area contributed by atoms with Gasteiger partial charge in [0.15, 0.2) is 0 Å². The quantitative estimate of drug-likeness (QED) is 0.796. The third kappa shape index (κ3) is 1.20. The summed E-state index contributed by atoms with van der Waals surface area (Å²) in [5.41, 5.74) is 3.24. The number of hydrogen-bond acceptors (Lipinski definition) is 2. The first kappa shape index (κ1) is 8.95. The van der Waals surface area contributed by atoms with Crippen LogP contribution in [0.4, 0.5) is 0 Å². The van der Waals surface area contributed by atoms with Gasteiger partial charge in [-0.25, -0.2) is 0 Å². The fourth-order valence-corrected chi connectivity index (χ4v) is 2.60. The molecule has 80 valence electrons. The SMILES string of the molecule is Cn1nc(C2CC2)c2c1CCC2C(=O)O. The van der Waals surface area contributed by atoms with Crippen molar-refractivity contribution < 1.29 is 9.90 Å². The molecule has 0 spiro atoms. The number of carboxylic acid groups (broad SMARTS) is 1. The second kappa shape index (κ2) is 2.84. The van der Waals surface area contributed by atoms with E-state index < -0.39 is 5.97 Å². The van der Waals surface area contributed by atoms with Gasteiger partial charge in [0.1, 0.15) is 0 Å². The van der Waals surface area contributed by atoms with Crippen LogP contribution in [-0.4, -0.2) is 20.9 Å². The van der Waals surface area contributed by atoms with Crippen LogP contribution in [0.3, 0.4) is 0 Å². The average molecular weight is 206 g/mol. The first-order chi connectivity index (χ1) is 7.18. The number of carboxylic acids is 1. The molecule has 3 rings (SSSR count). The molecular formula is C11H14N2O2. The standard InChI is InChI=1S/C11H14N2O2/c1-13-8-5-4-7(11(14)15)9(8)10(12-13)6-2-3-6/h6-7H,2-5H2,1H3,(H,14,15). The zero-order valence-corrected chi connectivity index (χ0v) is 8.73. The summed E-state index contributed by atoms with van der Waals surface area (Å²) >= 11 is 0. The van der Waals surface area contributed by atoms with Gasteiger partial charge in [-0.1, -0.05) is 0 Å². The lowest BCUT2D eigenvalue weighted by atomic mass is 10.00. The molecule has 0 aliphatic heterocycles. The molecule has 0 bridgehead atoms. The molecule has 4 nitrogen and oxygen atoms in total. The fraction of sp³-hybridized carbons (Fsp3) is 0.636. The second-order valence-corrected chi connectivity index (χ2v) is 4.57. The lowest BCUT2D eigenvalue weighted by Gasteiger charge is -2.04. The third-order valence-electron chi connectivity index (χ3n) is 3.52. The molecule has 2 aliphatic carbocycles. The number of hydrogen-bond donors (Lipinski definition) is 1. The van der Waals surface area contributed by atoms with Crippen molar-refractivity contribution in [1.29, 1.82) is 0 Å². The summed E-state index contributed by atoms with van der Waals surface area (Å²) in [6.07, 6.45) is 3.96. The number of rotatable bonds is 2. The molecule has 1 aromatic rings. The van der Waals surface area contributed by atoms with E-state index in [-0.39, 0.29) is 5.92 Å². The zero-order valence-electron chi connectivity index (χ0n) is 8.73. The molecule has 0 radical (unpaired) electrons. The Kier molecular flexibility index (Phi) is 1.69. The highest BCUT2D eigenvalue weighted by molar-refractivity contribution is 5.78. The van der Waals surface area contributed by atoms with E-state index >= 15 is 0 Å². The van der Waals surface area contributed by atoms with Crippen molar-refractivity contribution in [3.8, 4) is 0 Å². The Morgan fingerprint density at radius 1 is 1.47 bits per heavy atom. The van der Waals surface area contributed by atoms with E-state index in [2.05, 4.69) is 5.10 Å². The van der Waals surface area contributed by atoms with Crippen LogP contribution in [0.1, 0.15) is 48.0 Å². The van der Waals surface area contributed by atoms with E-state index in [1.807, 2.05) is 11.7 Å². The maximum Gasteiger partial charge on any atom is 0.311 e. The topological polar surface area (TPSA) is 55.1 Å². The van der Waals surface area contributed by atoms with Crippen LogP contribution in [0.15, 0.2) is 0 Å². The average Bonchev–Trinajstić information content (AvgIpc) is 2.82. The minimum absolute atomic E-state index is 0.302. The molecule has 4 heteroatoms. The number of carbonyl (C=O) groups is 1. The van der Waals surface area contributed by atoms with Crippen molar-refractivity contribution in [3.63, 3.8) is 0 Å². The van der Waals surface area contributed by atoms with Gasteiger partial charge in [0.05, 0.1) is 11.6 Å². The highest BCUT2D eigenvalue weighted by Gasteiger charge is 2.39. The Morgan fingerprint density at radius 2 is 2.20 bits per heavy atom. The number of aryl methyl sites for hydroxylation is 1. The van der Waals surface area contributed by atoms with E-state index in [4.69, 9.17) is 5.11 Å². The predicted octanol–water partition coefficient (Wildman–Crippen LogP) is 1.41. The van der Waals surface area contributed by atoms with Crippen LogP contribution in [-0.2, 0) is 18.3 Å². The molecule has 0 amide bonds. The Bertz CT molecular complexity index is 432. The summed E-state index contributed by atoms with van der Waals surface area (Å²) in [6, 6.07) is 0. The fourth-order valence-electron chi connectivity index (χ4n) is 2.60. The van der Waals surface area contributed by atoms with Gasteiger partial charge in [-0.2, -0.15) is 5.10 Å². The van der Waals surface area contributed by atoms with Crippen molar-refractivity contribution in [2.24, 2.45) is 7.05 Å². The second-order valence-electron chi connectivity index (χ2n) is 4.57. The van der Waals surface area contributed by atoms with Crippen LogP contribution in [0.25, 0.3) is 0 Å². The Hall–Kier alpha value is -1.32. The first-order valence-corrected chi connectivity index (χ1v) is 5.47. The van der Waals surface area contributed by atoms with Crippen LogP contribution < -0.4 is 0 Å². The molecule has 0 aromatic carbocycles. The molecule has 1 aromatic heterocycles. The molecule has 1 N–H and O–H groups in total. The summed E-state index contributed by atoms with van der Waals surface area (Å²) in [6.45, 7) is 0. The van der Waals surface area contributed by atoms with Crippen molar-refractivity contribution in [2.75, 3.05) is 0 Å². The summed E-state index contributed by atoms with van der Waals surface area (Å²) in [5.74, 6) is -0.451. The molecule has 1 fully saturated rings. The molecule has 1 saturated carbocycles. The van der Waals surface area contributed by atoms with Crippen LogP contribution in [0, 0.1) is 0 Å². The van der Waals surface area contributed by atoms with Crippen LogP contribution in [0.2, 0.25) is 0 Å². The van der Waals surface area contributed by atoms with Crippen molar-refractivity contribution >= 4 is 5.97 Å². The van der Waals surface area contributed by atoms with E-state index in [1.165, 1.54) is 12.8 Å². The summed E-state index contributed by atoms with van der Waals surface area (Å²) in [4.78, 5) is 11.1. The summed E-state index contributed by atoms with van der Waals surface area (Å²) in [5, 5.41) is 13.6. The van der Waals surface area contributed by atoms with Gasteiger partial charge in [0.2, 0.25) is 0 Å². The van der Waals surface area contributed by atoms with E-state index in [0.29, 0.717) is 5.92 Å². The molecule has 0 saturated heterocycles. The normalized spacial score (nSPS) is 24.2. The number of aliphatic carboxylic acids is 1. The first-order valence-electron chi connectivity index (χ1n) is 5.47. The molecule has 1 heterocycles. The van der Waals surface area contributed by atoms with Gasteiger partial charge >= 0.3 is 5.97 Å². The third-order valence-corrected chi connectivity index (χ3v) is 3.52. The molecule has 2 aliphatic rings. The van der Waals surface area contributed by atoms with Gasteiger partial charge in [0, 0.05) is 24.2 Å². The van der Waals surface area contributed by atoms with E-state index in [0.717, 1.165) is 29.8 Å². The van der Waals surface area contributed by atoms with Gasteiger partial charge in [-0.15, -0.1) is 0 Å². The van der Waals surface area contributed by atoms with E-state index in [1.54, 1.807) is 0 Å². The Balaban J connectivity index is 2.11. The van der Waals surface area contributed by atoms with Gasteiger partial charge in [-0.3, -0.25) is 9.48 Å². The number of fused-ring (bicyclic) bond motifs is 1. The van der Waals surface area contributed by atoms with Crippen LogP contribution >= 0.6 is 0 Å². The summed E-state index contributed by atoms with van der Waals surface area (Å²) < 4.78 is 1.88. The maximum atomic E-state index is 11.1. The van der Waals surface area contributed by atoms with Crippen molar-refractivity contribution in [3.05, 3.63) is 17.0 Å². The molecule has 15 heavy (non-hydrogen) atoms. The van der Waals surface area contributed by atoms with Crippen molar-refractivity contribution in [2.45, 2.75) is 37.5 Å². The van der Waals surface area contributed by atoms with Gasteiger partial charge in [-0.05, 0) is 25.7 Å². The van der Waals surface area contributed by atoms with Crippen molar-refractivity contribution in [1.82, 2.24) is 9.78 Å². The molecule has 1 atom stereocenters. The lowest BCUT2D eigenvalue weighted by Crippen LogP contribution is -2.09. The monoisotopic (exact) mass is 206 g/mol. The zero-order chi connectivity index (χ0) is 10.6. The molecular weight excluding hydrogens is 192 g/mol. The number of nitrogens with zero attached hydrogens (tertiary/aromatic N) is 2. The van der Waals surface area contributed by atoms with Gasteiger partial charge in [0.25, 0.3) is 0 Å². The largest absolute Gasteiger partial charge is 0.481 e. The predicted molar refractivity (Wildman–Crippen MR) is 53.9 cm³/mol. The maximum absolute atomic E-state index is 11.1. The highest BCUT2D eigenvalue weighted by atomic mass is 16.4.